The molecule has 0 fully saturated rings. The van der Waals surface area contributed by atoms with Gasteiger partial charge >= 0.3 is 12.2 Å². The Kier molecular flexibility index (Phi) is 7.28. The minimum absolute atomic E-state index is 0. The summed E-state index contributed by atoms with van der Waals surface area (Å²) < 4.78 is 9.61. The molecule has 1 aromatic heterocycles. The van der Waals surface area contributed by atoms with Gasteiger partial charge in [-0.3, -0.25) is 5.32 Å². The summed E-state index contributed by atoms with van der Waals surface area (Å²) in [6.45, 7) is 10.7. The fraction of sp³-hybridized carbons (Fsp3) is 0.571. The summed E-state index contributed by atoms with van der Waals surface area (Å²) in [4.78, 5) is 28.8. The van der Waals surface area contributed by atoms with Gasteiger partial charge in [-0.15, -0.1) is 0 Å². The number of nitrogens with one attached hydrogen (secondary N) is 1. The molecule has 1 aromatic rings. The number of ether oxygens (including phenoxy) is 2. The maximum absolute atomic E-state index is 11.2. The van der Waals surface area contributed by atoms with Crippen LogP contribution >= 0.6 is 0 Å². The number of nitrogens with zero attached hydrogens (tertiary/aromatic N) is 2. The lowest BCUT2D eigenvalue weighted by Gasteiger charge is -2.19. The van der Waals surface area contributed by atoms with E-state index in [0.717, 1.165) is 0 Å². The number of anilines is 1. The van der Waals surface area contributed by atoms with Gasteiger partial charge in [0.1, 0.15) is 17.5 Å². The van der Waals surface area contributed by atoms with Crippen molar-refractivity contribution in [3.63, 3.8) is 0 Å². The summed E-state index contributed by atoms with van der Waals surface area (Å²) in [6.07, 6.45) is 3.15. The molecule has 0 spiro atoms. The minimum Gasteiger partial charge on any atom is -0.444 e. The summed E-state index contributed by atoms with van der Waals surface area (Å²) >= 11 is 0. The molecular weight excluding hydrogens is 288 g/mol. The Morgan fingerprint density at radius 3 is 1.82 bits per heavy atom. The van der Waals surface area contributed by atoms with Gasteiger partial charge in [-0.2, -0.15) is 0 Å². The third-order valence-corrected chi connectivity index (χ3v) is 1.61. The quantitative estimate of drug-likeness (QED) is 0.823. The van der Waals surface area contributed by atoms with E-state index in [2.05, 4.69) is 20.0 Å². The lowest BCUT2D eigenvalue weighted by atomic mass is 10.2. The molecule has 126 valence electrons. The van der Waals surface area contributed by atoms with Crippen LogP contribution in [0.2, 0.25) is 0 Å². The maximum Gasteiger partial charge on any atom is 0.412 e. The highest BCUT2D eigenvalue weighted by Crippen LogP contribution is 2.09. The van der Waals surface area contributed by atoms with Crippen molar-refractivity contribution in [2.75, 3.05) is 5.32 Å². The predicted octanol–water partition coefficient (Wildman–Crippen LogP) is 2.95. The molecule has 0 unspecified atom stereocenters. The Balaban J connectivity index is 0. The second kappa shape index (κ2) is 8.16. The molecule has 0 aromatic carbocycles. The molecule has 2 amide bonds. The Morgan fingerprint density at radius 1 is 1.05 bits per heavy atom. The van der Waals surface area contributed by atoms with Crippen molar-refractivity contribution < 1.29 is 20.5 Å². The number of hydrogen-bond acceptors (Lipinski definition) is 6. The molecule has 0 saturated heterocycles. The van der Waals surface area contributed by atoms with E-state index < -0.39 is 23.4 Å². The summed E-state index contributed by atoms with van der Waals surface area (Å²) in [6, 6.07) is 0. The number of rotatable bonds is 1. The first-order valence-electron chi connectivity index (χ1n) is 6.62. The molecule has 0 radical (unpaired) electrons. The van der Waals surface area contributed by atoms with E-state index >= 15 is 0 Å². The Labute approximate surface area is 131 Å². The number of carbonyl (C=O) groups excluding carboxylic acids is 2. The Bertz CT molecular complexity index is 484. The van der Waals surface area contributed by atoms with Crippen molar-refractivity contribution in [3.8, 4) is 0 Å². The van der Waals surface area contributed by atoms with Crippen molar-refractivity contribution in [2.24, 2.45) is 5.73 Å². The van der Waals surface area contributed by atoms with Crippen molar-refractivity contribution >= 4 is 17.9 Å². The number of primary amides is 1. The van der Waals surface area contributed by atoms with Crippen LogP contribution in [0.15, 0.2) is 18.7 Å². The largest absolute Gasteiger partial charge is 0.444 e. The van der Waals surface area contributed by atoms with E-state index in [1.165, 1.54) is 18.7 Å². The summed E-state index contributed by atoms with van der Waals surface area (Å²) in [5.74, 6) is 0. The van der Waals surface area contributed by atoms with E-state index in [1.54, 1.807) is 41.5 Å². The van der Waals surface area contributed by atoms with Gasteiger partial charge in [0.05, 0.1) is 18.1 Å². The molecule has 22 heavy (non-hydrogen) atoms. The van der Waals surface area contributed by atoms with Crippen LogP contribution in [0.25, 0.3) is 0 Å². The first-order chi connectivity index (χ1) is 9.89. The molecular formula is C14H26N4O4. The third-order valence-electron chi connectivity index (χ3n) is 1.61. The molecule has 0 atom stereocenters. The third kappa shape index (κ3) is 12.6. The molecule has 0 aliphatic heterocycles. The second-order valence-corrected chi connectivity index (χ2v) is 6.29. The number of hydrogen-bond donors (Lipinski definition) is 2. The molecule has 8 nitrogen and oxygen atoms in total. The van der Waals surface area contributed by atoms with Crippen LogP contribution in [0.5, 0.6) is 0 Å². The molecule has 3 N–H and O–H groups in total. The van der Waals surface area contributed by atoms with E-state index in [0.29, 0.717) is 5.69 Å². The smallest absolute Gasteiger partial charge is 0.412 e. The Hall–Kier alpha value is -2.38. The highest BCUT2D eigenvalue weighted by Gasteiger charge is 2.16. The van der Waals surface area contributed by atoms with Gasteiger partial charge in [-0.1, -0.05) is 0 Å². The lowest BCUT2D eigenvalue weighted by Crippen LogP contribution is -2.27. The topological polar surface area (TPSA) is 116 Å². The average Bonchev–Trinajstić information content (AvgIpc) is 2.24. The van der Waals surface area contributed by atoms with Crippen LogP contribution in [0.4, 0.5) is 15.3 Å². The first kappa shape index (κ1) is 19.6. The highest BCUT2D eigenvalue weighted by molar-refractivity contribution is 5.84. The fourth-order valence-electron chi connectivity index (χ4n) is 1.09. The SMILES string of the molecule is CC(C)(C)OC(=O)Nc1cncnc1.CC(C)(C)OC(N)=O.[HH]. The van der Waals surface area contributed by atoms with Crippen LogP contribution in [0, 0.1) is 0 Å². The molecule has 0 aliphatic carbocycles. The Morgan fingerprint density at radius 2 is 1.50 bits per heavy atom. The van der Waals surface area contributed by atoms with Gasteiger partial charge in [0.2, 0.25) is 0 Å². The van der Waals surface area contributed by atoms with Crippen LogP contribution in [0.3, 0.4) is 0 Å². The lowest BCUT2D eigenvalue weighted by molar-refractivity contribution is 0.0596. The standard InChI is InChI=1S/C9H13N3O2.C5H11NO2.H2/c1-9(2,3)14-8(13)12-7-4-10-6-11-5-7;1-5(2,3)8-4(6)7;/h4-6H,1-3H3,(H,12,13);1-3H3,(H2,6,7);1H. The van der Waals surface area contributed by atoms with E-state index in [4.69, 9.17) is 10.5 Å². The number of aromatic nitrogens is 2. The van der Waals surface area contributed by atoms with Gasteiger partial charge in [-0.05, 0) is 41.5 Å². The van der Waals surface area contributed by atoms with Gasteiger partial charge < -0.3 is 15.2 Å². The summed E-state index contributed by atoms with van der Waals surface area (Å²) in [5, 5.41) is 2.51. The van der Waals surface area contributed by atoms with Crippen molar-refractivity contribution in [2.45, 2.75) is 52.7 Å². The number of carbonyl (C=O) groups is 2. The monoisotopic (exact) mass is 314 g/mol. The average molecular weight is 314 g/mol. The van der Waals surface area contributed by atoms with E-state index in [9.17, 15) is 9.59 Å². The molecule has 0 aliphatic rings. The predicted molar refractivity (Wildman–Crippen MR) is 84.4 cm³/mol. The molecule has 1 heterocycles. The van der Waals surface area contributed by atoms with E-state index in [1.807, 2.05) is 0 Å². The summed E-state index contributed by atoms with van der Waals surface area (Å²) in [7, 11) is 0. The molecule has 0 saturated carbocycles. The maximum atomic E-state index is 11.2. The van der Waals surface area contributed by atoms with Gasteiger partial charge in [0.15, 0.2) is 0 Å². The van der Waals surface area contributed by atoms with Crippen LogP contribution in [-0.4, -0.2) is 33.4 Å². The van der Waals surface area contributed by atoms with Crippen molar-refractivity contribution in [3.05, 3.63) is 18.7 Å². The van der Waals surface area contributed by atoms with E-state index in [-0.39, 0.29) is 1.43 Å². The van der Waals surface area contributed by atoms with Crippen LogP contribution < -0.4 is 11.1 Å². The zero-order chi connectivity index (χ0) is 17.4. The molecule has 8 heteroatoms. The number of nitrogens with two attached hydrogens (primary N) is 1. The minimum atomic E-state index is -0.725. The first-order valence-corrected chi connectivity index (χ1v) is 6.62. The molecule has 1 rings (SSSR count). The van der Waals surface area contributed by atoms with Gasteiger partial charge in [0.25, 0.3) is 0 Å². The van der Waals surface area contributed by atoms with Gasteiger partial charge in [0, 0.05) is 1.43 Å². The zero-order valence-electron chi connectivity index (χ0n) is 13.8. The normalized spacial score (nSPS) is 10.8. The van der Waals surface area contributed by atoms with Crippen molar-refractivity contribution in [1.29, 1.82) is 0 Å². The van der Waals surface area contributed by atoms with Crippen LogP contribution in [-0.2, 0) is 9.47 Å². The fourth-order valence-corrected chi connectivity index (χ4v) is 1.09. The van der Waals surface area contributed by atoms with Crippen LogP contribution in [0.1, 0.15) is 43.0 Å². The van der Waals surface area contributed by atoms with Gasteiger partial charge in [-0.25, -0.2) is 19.6 Å². The zero-order valence-corrected chi connectivity index (χ0v) is 13.8. The number of amides is 2. The molecule has 0 bridgehead atoms. The summed E-state index contributed by atoms with van der Waals surface area (Å²) in [5.41, 5.74) is 4.28. The highest BCUT2D eigenvalue weighted by atomic mass is 16.6. The second-order valence-electron chi connectivity index (χ2n) is 6.29. The van der Waals surface area contributed by atoms with Crippen molar-refractivity contribution in [1.82, 2.24) is 9.97 Å².